The first kappa shape index (κ1) is 11.9. The molecule has 5 heteroatoms. The van der Waals surface area contributed by atoms with E-state index in [9.17, 15) is 10.1 Å². The number of hydrogen-bond acceptors (Lipinski definition) is 4. The number of benzene rings is 1. The molecule has 1 aliphatic rings. The molecule has 1 aromatic rings. The Morgan fingerprint density at radius 2 is 2.35 bits per heavy atom. The van der Waals surface area contributed by atoms with Gasteiger partial charge in [-0.25, -0.2) is 0 Å². The van der Waals surface area contributed by atoms with Crippen LogP contribution in [0.1, 0.15) is 18.4 Å². The van der Waals surface area contributed by atoms with Gasteiger partial charge in [-0.2, -0.15) is 0 Å². The van der Waals surface area contributed by atoms with Crippen molar-refractivity contribution in [1.29, 1.82) is 0 Å². The summed E-state index contributed by atoms with van der Waals surface area (Å²) in [6.45, 7) is 3.56. The number of rotatable bonds is 3. The van der Waals surface area contributed by atoms with Gasteiger partial charge in [-0.15, -0.1) is 0 Å². The third-order valence-electron chi connectivity index (χ3n) is 2.93. The quantitative estimate of drug-likeness (QED) is 0.644. The van der Waals surface area contributed by atoms with Crippen LogP contribution in [0.4, 0.5) is 5.69 Å². The van der Waals surface area contributed by atoms with Gasteiger partial charge in [-0.1, -0.05) is 0 Å². The van der Waals surface area contributed by atoms with Crippen LogP contribution in [0.15, 0.2) is 18.2 Å². The van der Waals surface area contributed by atoms with Crippen LogP contribution in [-0.4, -0.2) is 24.1 Å². The monoisotopic (exact) mass is 236 g/mol. The minimum atomic E-state index is -0.374. The highest BCUT2D eigenvalue weighted by Crippen LogP contribution is 2.25. The van der Waals surface area contributed by atoms with Gasteiger partial charge >= 0.3 is 0 Å². The van der Waals surface area contributed by atoms with Crippen molar-refractivity contribution in [1.82, 2.24) is 5.32 Å². The normalized spacial score (nSPS) is 19.9. The summed E-state index contributed by atoms with van der Waals surface area (Å²) in [5.74, 6) is 0.580. The summed E-state index contributed by atoms with van der Waals surface area (Å²) in [7, 11) is 0. The molecule has 5 nitrogen and oxygen atoms in total. The van der Waals surface area contributed by atoms with Gasteiger partial charge in [0.25, 0.3) is 5.69 Å². The molecule has 0 unspecified atom stereocenters. The Hall–Kier alpha value is -1.62. The molecule has 17 heavy (non-hydrogen) atoms. The van der Waals surface area contributed by atoms with Crippen molar-refractivity contribution >= 4 is 5.69 Å². The van der Waals surface area contributed by atoms with Gasteiger partial charge in [0.05, 0.1) is 11.0 Å². The Balaban J connectivity index is 2.10. The highest BCUT2D eigenvalue weighted by molar-refractivity contribution is 5.45. The molecule has 92 valence electrons. The third-order valence-corrected chi connectivity index (χ3v) is 2.93. The molecule has 1 N–H and O–H groups in total. The SMILES string of the molecule is Cc1ccc(O[C@H]2CCCNC2)cc1[N+](=O)[O-]. The van der Waals surface area contributed by atoms with E-state index in [0.29, 0.717) is 11.3 Å². The Morgan fingerprint density at radius 3 is 3.00 bits per heavy atom. The first-order valence-electron chi connectivity index (χ1n) is 5.79. The van der Waals surface area contributed by atoms with Gasteiger partial charge in [0.2, 0.25) is 0 Å². The average molecular weight is 236 g/mol. The molecule has 2 rings (SSSR count). The molecule has 0 aromatic heterocycles. The van der Waals surface area contributed by atoms with Crippen molar-refractivity contribution in [3.8, 4) is 5.75 Å². The van der Waals surface area contributed by atoms with Crippen LogP contribution in [-0.2, 0) is 0 Å². The van der Waals surface area contributed by atoms with Crippen molar-refractivity contribution in [3.63, 3.8) is 0 Å². The fourth-order valence-corrected chi connectivity index (χ4v) is 1.97. The lowest BCUT2D eigenvalue weighted by atomic mass is 10.1. The maximum Gasteiger partial charge on any atom is 0.276 e. The van der Waals surface area contributed by atoms with Crippen LogP contribution in [0.5, 0.6) is 5.75 Å². The average Bonchev–Trinajstić information content (AvgIpc) is 2.32. The van der Waals surface area contributed by atoms with E-state index >= 15 is 0 Å². The van der Waals surface area contributed by atoms with Crippen LogP contribution in [0.3, 0.4) is 0 Å². The second-order valence-corrected chi connectivity index (χ2v) is 4.29. The van der Waals surface area contributed by atoms with Crippen molar-refractivity contribution in [2.75, 3.05) is 13.1 Å². The van der Waals surface area contributed by atoms with E-state index in [2.05, 4.69) is 5.32 Å². The van der Waals surface area contributed by atoms with Crippen molar-refractivity contribution < 1.29 is 9.66 Å². The van der Waals surface area contributed by atoms with Gasteiger partial charge in [0.15, 0.2) is 0 Å². The highest BCUT2D eigenvalue weighted by Gasteiger charge is 2.17. The van der Waals surface area contributed by atoms with E-state index in [1.54, 1.807) is 19.1 Å². The predicted molar refractivity (Wildman–Crippen MR) is 64.4 cm³/mol. The molecule has 1 atom stereocenters. The molecular weight excluding hydrogens is 220 g/mol. The van der Waals surface area contributed by atoms with E-state index in [4.69, 9.17) is 4.74 Å². The molecular formula is C12H16N2O3. The summed E-state index contributed by atoms with van der Waals surface area (Å²) in [4.78, 5) is 10.4. The molecule has 0 aliphatic carbocycles. The number of hydrogen-bond donors (Lipinski definition) is 1. The number of nitro benzene ring substituents is 1. The predicted octanol–water partition coefficient (Wildman–Crippen LogP) is 2.03. The Labute approximate surface area is 99.9 Å². The lowest BCUT2D eigenvalue weighted by molar-refractivity contribution is -0.385. The van der Waals surface area contributed by atoms with Gasteiger partial charge in [0, 0.05) is 12.1 Å². The number of aryl methyl sites for hydroxylation is 1. The number of piperidine rings is 1. The molecule has 1 heterocycles. The van der Waals surface area contributed by atoms with Crippen molar-refractivity contribution in [2.24, 2.45) is 0 Å². The summed E-state index contributed by atoms with van der Waals surface area (Å²) in [6, 6.07) is 5.02. The van der Waals surface area contributed by atoms with E-state index < -0.39 is 0 Å². The Kier molecular flexibility index (Phi) is 3.58. The van der Waals surface area contributed by atoms with E-state index in [1.165, 1.54) is 6.07 Å². The van der Waals surface area contributed by atoms with Crippen LogP contribution >= 0.6 is 0 Å². The van der Waals surface area contributed by atoms with Gasteiger partial charge in [0.1, 0.15) is 11.9 Å². The number of nitrogens with zero attached hydrogens (tertiary/aromatic N) is 1. The second kappa shape index (κ2) is 5.14. The largest absolute Gasteiger partial charge is 0.489 e. The highest BCUT2D eigenvalue weighted by atomic mass is 16.6. The fourth-order valence-electron chi connectivity index (χ4n) is 1.97. The smallest absolute Gasteiger partial charge is 0.276 e. The third kappa shape index (κ3) is 2.94. The maximum absolute atomic E-state index is 10.8. The van der Waals surface area contributed by atoms with Crippen LogP contribution in [0.25, 0.3) is 0 Å². The summed E-state index contributed by atoms with van der Waals surface area (Å²) in [5, 5.41) is 14.0. The lowest BCUT2D eigenvalue weighted by Gasteiger charge is -2.23. The first-order valence-corrected chi connectivity index (χ1v) is 5.79. The summed E-state index contributed by atoms with van der Waals surface area (Å²) in [6.07, 6.45) is 2.19. The molecule has 0 spiro atoms. The summed E-state index contributed by atoms with van der Waals surface area (Å²) < 4.78 is 5.73. The second-order valence-electron chi connectivity index (χ2n) is 4.29. The Bertz CT molecular complexity index is 414. The van der Waals surface area contributed by atoms with Crippen molar-refractivity contribution in [2.45, 2.75) is 25.9 Å². The standard InChI is InChI=1S/C12H16N2O3/c1-9-4-5-10(7-12(9)14(15)16)17-11-3-2-6-13-8-11/h4-5,7,11,13H,2-3,6,8H2,1H3/t11-/m0/s1. The Morgan fingerprint density at radius 1 is 1.53 bits per heavy atom. The molecule has 1 aliphatic heterocycles. The number of ether oxygens (including phenoxy) is 1. The molecule has 0 bridgehead atoms. The molecule has 1 aromatic carbocycles. The lowest BCUT2D eigenvalue weighted by Crippen LogP contribution is -2.37. The molecule has 1 saturated heterocycles. The van der Waals surface area contributed by atoms with E-state index in [-0.39, 0.29) is 16.7 Å². The summed E-state index contributed by atoms with van der Waals surface area (Å²) in [5.41, 5.74) is 0.774. The molecule has 0 amide bonds. The zero-order chi connectivity index (χ0) is 12.3. The summed E-state index contributed by atoms with van der Waals surface area (Å²) >= 11 is 0. The zero-order valence-corrected chi connectivity index (χ0v) is 9.81. The van der Waals surface area contributed by atoms with Crippen LogP contribution in [0, 0.1) is 17.0 Å². The van der Waals surface area contributed by atoms with Gasteiger partial charge in [-0.3, -0.25) is 10.1 Å². The minimum Gasteiger partial charge on any atom is -0.489 e. The molecule has 0 saturated carbocycles. The number of nitrogens with one attached hydrogen (secondary N) is 1. The van der Waals surface area contributed by atoms with Gasteiger partial charge in [-0.05, 0) is 38.4 Å². The topological polar surface area (TPSA) is 64.4 Å². The van der Waals surface area contributed by atoms with E-state index in [1.807, 2.05) is 0 Å². The number of nitro groups is 1. The van der Waals surface area contributed by atoms with Crippen LogP contribution in [0.2, 0.25) is 0 Å². The minimum absolute atomic E-state index is 0.117. The zero-order valence-electron chi connectivity index (χ0n) is 9.81. The fraction of sp³-hybridized carbons (Fsp3) is 0.500. The molecule has 0 radical (unpaired) electrons. The van der Waals surface area contributed by atoms with Crippen molar-refractivity contribution in [3.05, 3.63) is 33.9 Å². The first-order chi connectivity index (χ1) is 8.16. The van der Waals surface area contributed by atoms with Gasteiger partial charge < -0.3 is 10.1 Å². The van der Waals surface area contributed by atoms with E-state index in [0.717, 1.165) is 25.9 Å². The maximum atomic E-state index is 10.8. The molecule has 1 fully saturated rings. The van der Waals surface area contributed by atoms with Crippen LogP contribution < -0.4 is 10.1 Å².